The zero-order chi connectivity index (χ0) is 18.3. The van der Waals surface area contributed by atoms with Crippen LogP contribution in [0.5, 0.6) is 0 Å². The molecule has 7 heteroatoms. The Kier molecular flexibility index (Phi) is 4.46. The minimum atomic E-state index is -0.337. The van der Waals surface area contributed by atoms with Crippen molar-refractivity contribution in [3.8, 4) is 0 Å². The van der Waals surface area contributed by atoms with Crippen molar-refractivity contribution in [3.05, 3.63) is 58.6 Å². The average molecular weight is 387 g/mol. The number of carbonyl (C=O) groups excluding carboxylic acids is 3. The zero-order valence-corrected chi connectivity index (χ0v) is 15.3. The van der Waals surface area contributed by atoms with Gasteiger partial charge in [-0.3, -0.25) is 19.3 Å². The molecule has 0 aliphatic carbocycles. The Bertz CT molecular complexity index is 896. The smallest absolute Gasteiger partial charge is 0.261 e. The van der Waals surface area contributed by atoms with Gasteiger partial charge in [-0.1, -0.05) is 23.7 Å². The second-order valence-corrected chi connectivity index (χ2v) is 7.64. The van der Waals surface area contributed by atoms with Crippen LogP contribution in [0, 0.1) is 0 Å². The quantitative estimate of drug-likeness (QED) is 0.758. The van der Waals surface area contributed by atoms with E-state index in [1.165, 1.54) is 0 Å². The Morgan fingerprint density at radius 1 is 1.08 bits per heavy atom. The van der Waals surface area contributed by atoms with Crippen LogP contribution in [0.4, 0.5) is 5.69 Å². The average Bonchev–Trinajstić information content (AvgIpc) is 2.90. The Labute approximate surface area is 159 Å². The van der Waals surface area contributed by atoms with Crippen molar-refractivity contribution in [1.82, 2.24) is 4.90 Å². The number of rotatable bonds is 3. The van der Waals surface area contributed by atoms with Crippen LogP contribution < -0.4 is 4.90 Å². The lowest BCUT2D eigenvalue weighted by Gasteiger charge is -2.29. The van der Waals surface area contributed by atoms with E-state index >= 15 is 0 Å². The van der Waals surface area contributed by atoms with E-state index in [-0.39, 0.29) is 30.7 Å². The summed E-state index contributed by atoms with van der Waals surface area (Å²) in [7, 11) is 0. The minimum Gasteiger partial charge on any atom is -0.310 e. The number of hydrogen-bond acceptors (Lipinski definition) is 4. The van der Waals surface area contributed by atoms with Crippen molar-refractivity contribution in [3.63, 3.8) is 0 Å². The molecule has 0 atom stereocenters. The Morgan fingerprint density at radius 3 is 2.46 bits per heavy atom. The van der Waals surface area contributed by atoms with Gasteiger partial charge in [0.05, 0.1) is 16.8 Å². The molecule has 0 bridgehead atoms. The van der Waals surface area contributed by atoms with Gasteiger partial charge < -0.3 is 4.90 Å². The van der Waals surface area contributed by atoms with Crippen LogP contribution in [0.3, 0.4) is 0 Å². The molecule has 0 saturated carbocycles. The summed E-state index contributed by atoms with van der Waals surface area (Å²) in [6.07, 6.45) is 0.0854. The molecule has 0 fully saturated rings. The maximum absolute atomic E-state index is 12.7. The van der Waals surface area contributed by atoms with Crippen molar-refractivity contribution < 1.29 is 14.4 Å². The number of benzene rings is 2. The highest BCUT2D eigenvalue weighted by Crippen LogP contribution is 2.36. The van der Waals surface area contributed by atoms with Crippen LogP contribution in [0.1, 0.15) is 27.1 Å². The van der Waals surface area contributed by atoms with Crippen LogP contribution in [-0.2, 0) is 4.79 Å². The Hall–Kier alpha value is -2.31. The number of nitrogens with zero attached hydrogens (tertiary/aromatic N) is 2. The third-order valence-electron chi connectivity index (χ3n) is 4.51. The molecule has 132 valence electrons. The van der Waals surface area contributed by atoms with Crippen LogP contribution in [0.2, 0.25) is 5.02 Å². The van der Waals surface area contributed by atoms with Crippen molar-refractivity contribution in [2.45, 2.75) is 11.3 Å². The van der Waals surface area contributed by atoms with E-state index in [4.69, 9.17) is 11.6 Å². The first-order chi connectivity index (χ1) is 12.6. The zero-order valence-electron chi connectivity index (χ0n) is 13.8. The molecule has 0 radical (unpaired) electrons. The van der Waals surface area contributed by atoms with Gasteiger partial charge in [-0.2, -0.15) is 0 Å². The number of hydrogen-bond donors (Lipinski definition) is 0. The minimum absolute atomic E-state index is 0.0741. The number of anilines is 1. The lowest BCUT2D eigenvalue weighted by Crippen LogP contribution is -2.39. The molecule has 0 spiro atoms. The summed E-state index contributed by atoms with van der Waals surface area (Å²) in [6, 6.07) is 12.2. The van der Waals surface area contributed by atoms with Gasteiger partial charge in [0.15, 0.2) is 0 Å². The van der Waals surface area contributed by atoms with Crippen molar-refractivity contribution in [2.24, 2.45) is 0 Å². The fraction of sp³-hybridized carbons (Fsp3) is 0.211. The van der Waals surface area contributed by atoms with Crippen LogP contribution in [-0.4, -0.2) is 41.5 Å². The molecule has 0 unspecified atom stereocenters. The standard InChI is InChI=1S/C19H15ClN2O3S/c20-12-5-6-16-15(11-12)21(9-10-26-16)17(23)7-8-22-18(24)13-3-1-2-4-14(13)19(22)25/h1-6,11H,7-10H2. The highest BCUT2D eigenvalue weighted by molar-refractivity contribution is 7.99. The van der Waals surface area contributed by atoms with Gasteiger partial charge in [-0.05, 0) is 30.3 Å². The lowest BCUT2D eigenvalue weighted by molar-refractivity contribution is -0.118. The summed E-state index contributed by atoms with van der Waals surface area (Å²) in [4.78, 5) is 41.4. The molecule has 3 amide bonds. The van der Waals surface area contributed by atoms with Crippen LogP contribution >= 0.6 is 23.4 Å². The molecule has 2 aliphatic rings. The van der Waals surface area contributed by atoms with Crippen molar-refractivity contribution in [1.29, 1.82) is 0 Å². The van der Waals surface area contributed by atoms with Gasteiger partial charge in [0.25, 0.3) is 11.8 Å². The fourth-order valence-corrected chi connectivity index (χ4v) is 4.38. The van der Waals surface area contributed by atoms with Gasteiger partial charge in [-0.25, -0.2) is 0 Å². The van der Waals surface area contributed by atoms with E-state index in [0.717, 1.165) is 21.2 Å². The normalized spacial score (nSPS) is 15.9. The highest BCUT2D eigenvalue weighted by atomic mass is 35.5. The third kappa shape index (κ3) is 2.89. The Balaban J connectivity index is 1.49. The number of fused-ring (bicyclic) bond motifs is 2. The molecule has 0 N–H and O–H groups in total. The Morgan fingerprint density at radius 2 is 1.77 bits per heavy atom. The molecule has 4 rings (SSSR count). The van der Waals surface area contributed by atoms with Gasteiger partial charge in [0.2, 0.25) is 5.91 Å². The molecular formula is C19H15ClN2O3S. The molecule has 2 aromatic rings. The first kappa shape index (κ1) is 17.1. The third-order valence-corrected chi connectivity index (χ3v) is 5.79. The van der Waals surface area contributed by atoms with Gasteiger partial charge >= 0.3 is 0 Å². The summed E-state index contributed by atoms with van der Waals surface area (Å²) < 4.78 is 0. The molecule has 2 heterocycles. The van der Waals surface area contributed by atoms with Gasteiger partial charge in [0, 0.05) is 35.2 Å². The molecule has 2 aliphatic heterocycles. The SMILES string of the molecule is O=C1c2ccccc2C(=O)N1CCC(=O)N1CCSc2ccc(Cl)cc21. The number of amides is 3. The van der Waals surface area contributed by atoms with Crippen molar-refractivity contribution >= 4 is 46.8 Å². The summed E-state index contributed by atoms with van der Waals surface area (Å²) in [5.74, 6) is 0.00498. The van der Waals surface area contributed by atoms with Crippen molar-refractivity contribution in [2.75, 3.05) is 23.7 Å². The topological polar surface area (TPSA) is 57.7 Å². The predicted molar refractivity (Wildman–Crippen MR) is 101 cm³/mol. The molecule has 0 saturated heterocycles. The molecule has 26 heavy (non-hydrogen) atoms. The summed E-state index contributed by atoms with van der Waals surface area (Å²) in [5.41, 5.74) is 1.59. The van der Waals surface area contributed by atoms with E-state index in [2.05, 4.69) is 0 Å². The first-order valence-electron chi connectivity index (χ1n) is 8.24. The number of carbonyl (C=O) groups is 3. The number of imide groups is 1. The second kappa shape index (κ2) is 6.78. The van der Waals surface area contributed by atoms with Gasteiger partial charge in [0.1, 0.15) is 0 Å². The van der Waals surface area contributed by atoms with E-state index in [1.54, 1.807) is 53.1 Å². The number of thioether (sulfide) groups is 1. The first-order valence-corrected chi connectivity index (χ1v) is 9.60. The maximum atomic E-state index is 12.7. The number of halogens is 1. The second-order valence-electron chi connectivity index (χ2n) is 6.06. The van der Waals surface area contributed by atoms with E-state index in [9.17, 15) is 14.4 Å². The van der Waals surface area contributed by atoms with Crippen LogP contribution in [0.15, 0.2) is 47.4 Å². The summed E-state index contributed by atoms with van der Waals surface area (Å²) in [6.45, 7) is 0.656. The molecule has 5 nitrogen and oxygen atoms in total. The summed E-state index contributed by atoms with van der Waals surface area (Å²) >= 11 is 7.76. The van der Waals surface area contributed by atoms with Gasteiger partial charge in [-0.15, -0.1) is 11.8 Å². The molecule has 2 aromatic carbocycles. The van der Waals surface area contributed by atoms with E-state index in [0.29, 0.717) is 22.7 Å². The fourth-order valence-electron chi connectivity index (χ4n) is 3.23. The lowest BCUT2D eigenvalue weighted by atomic mass is 10.1. The van der Waals surface area contributed by atoms with E-state index in [1.807, 2.05) is 6.07 Å². The largest absolute Gasteiger partial charge is 0.310 e. The molecule has 0 aromatic heterocycles. The predicted octanol–water partition coefficient (Wildman–Crippen LogP) is 3.47. The monoisotopic (exact) mass is 386 g/mol. The van der Waals surface area contributed by atoms with E-state index < -0.39 is 0 Å². The highest BCUT2D eigenvalue weighted by Gasteiger charge is 2.35. The van der Waals surface area contributed by atoms with Crippen LogP contribution in [0.25, 0.3) is 0 Å². The molecular weight excluding hydrogens is 372 g/mol. The summed E-state index contributed by atoms with van der Waals surface area (Å²) in [5, 5.41) is 0.574. The maximum Gasteiger partial charge on any atom is 0.261 e.